The van der Waals surface area contributed by atoms with E-state index in [0.29, 0.717) is 24.0 Å². The molecule has 1 aromatic carbocycles. The summed E-state index contributed by atoms with van der Waals surface area (Å²) in [6.45, 7) is 4.93. The number of carboxylic acid groups (broad SMARTS) is 2. The van der Waals surface area contributed by atoms with Gasteiger partial charge in [0.2, 0.25) is 5.91 Å². The van der Waals surface area contributed by atoms with Gasteiger partial charge >= 0.3 is 11.9 Å². The van der Waals surface area contributed by atoms with Crippen molar-refractivity contribution < 1.29 is 24.6 Å². The van der Waals surface area contributed by atoms with E-state index >= 15 is 0 Å². The summed E-state index contributed by atoms with van der Waals surface area (Å²) in [5, 5.41) is 20.8. The van der Waals surface area contributed by atoms with Crippen LogP contribution in [0.2, 0.25) is 0 Å². The van der Waals surface area contributed by atoms with Crippen LogP contribution in [-0.2, 0) is 4.79 Å². The third-order valence-electron chi connectivity index (χ3n) is 3.05. The fraction of sp³-hybridized carbons (Fsp3) is 0.357. The van der Waals surface area contributed by atoms with Gasteiger partial charge in [0.05, 0.1) is 11.1 Å². The van der Waals surface area contributed by atoms with Crippen LogP contribution in [0.1, 0.15) is 51.6 Å². The van der Waals surface area contributed by atoms with Crippen LogP contribution < -0.4 is 5.32 Å². The van der Waals surface area contributed by atoms with Crippen molar-refractivity contribution in [3.8, 4) is 0 Å². The lowest BCUT2D eigenvalue weighted by atomic mass is 9.96. The predicted octanol–water partition coefficient (Wildman–Crippen LogP) is 2.44. The van der Waals surface area contributed by atoms with E-state index in [4.69, 9.17) is 10.2 Å². The summed E-state index contributed by atoms with van der Waals surface area (Å²) in [6.07, 6.45) is 0.937. The summed E-state index contributed by atoms with van der Waals surface area (Å²) in [5.41, 5.74) is 0.717. The molecule has 1 aromatic rings. The summed E-state index contributed by atoms with van der Waals surface area (Å²) in [6, 6.07) is 1.12. The fourth-order valence-corrected chi connectivity index (χ4v) is 1.97. The van der Waals surface area contributed by atoms with Crippen LogP contribution in [0.3, 0.4) is 0 Å². The van der Waals surface area contributed by atoms with E-state index in [-0.39, 0.29) is 22.7 Å². The van der Waals surface area contributed by atoms with Gasteiger partial charge in [-0.1, -0.05) is 6.92 Å². The van der Waals surface area contributed by atoms with Gasteiger partial charge in [-0.05, 0) is 37.5 Å². The lowest BCUT2D eigenvalue weighted by molar-refractivity contribution is -0.116. The number of carboxylic acids is 2. The molecule has 0 atom stereocenters. The van der Waals surface area contributed by atoms with Crippen molar-refractivity contribution in [2.24, 2.45) is 0 Å². The van der Waals surface area contributed by atoms with Crippen LogP contribution in [-0.4, -0.2) is 28.1 Å². The Bertz CT molecular complexity index is 539. The first-order chi connectivity index (χ1) is 9.29. The number of nitrogens with one attached hydrogen (secondary N) is 1. The standard InChI is InChI=1S/C14H17NO5/c1-4-5-11(16)15-12-7(2)9(13(17)18)6-10(8(12)3)14(19)20/h6H,4-5H2,1-3H3,(H,15,16)(H,17,18)(H,19,20). The Balaban J connectivity index is 3.43. The normalized spacial score (nSPS) is 10.2. The smallest absolute Gasteiger partial charge is 0.336 e. The number of hydrogen-bond acceptors (Lipinski definition) is 3. The monoisotopic (exact) mass is 279 g/mol. The highest BCUT2D eigenvalue weighted by Gasteiger charge is 2.21. The molecular formula is C14H17NO5. The van der Waals surface area contributed by atoms with Crippen molar-refractivity contribution >= 4 is 23.5 Å². The third kappa shape index (κ3) is 3.14. The SMILES string of the molecule is CCCC(=O)Nc1c(C)c(C(=O)O)cc(C(=O)O)c1C. The summed E-state index contributed by atoms with van der Waals surface area (Å²) in [5.74, 6) is -2.72. The van der Waals surface area contributed by atoms with Crippen LogP contribution in [0.25, 0.3) is 0 Å². The largest absolute Gasteiger partial charge is 0.478 e. The number of carbonyl (C=O) groups excluding carboxylic acids is 1. The highest BCUT2D eigenvalue weighted by atomic mass is 16.4. The molecule has 1 amide bonds. The lowest BCUT2D eigenvalue weighted by Gasteiger charge is -2.16. The third-order valence-corrected chi connectivity index (χ3v) is 3.05. The first kappa shape index (κ1) is 15.7. The minimum absolute atomic E-state index is 0.125. The second-order valence-corrected chi connectivity index (χ2v) is 4.51. The number of amides is 1. The molecule has 6 heteroatoms. The van der Waals surface area contributed by atoms with E-state index in [2.05, 4.69) is 5.32 Å². The Labute approximate surface area is 116 Å². The van der Waals surface area contributed by atoms with Crippen LogP contribution in [0.15, 0.2) is 6.07 Å². The summed E-state index contributed by atoms with van der Waals surface area (Å²) in [4.78, 5) is 34.0. The number of aromatic carboxylic acids is 2. The molecule has 3 N–H and O–H groups in total. The van der Waals surface area contributed by atoms with E-state index < -0.39 is 11.9 Å². The maximum absolute atomic E-state index is 11.7. The zero-order chi connectivity index (χ0) is 15.4. The summed E-state index contributed by atoms with van der Waals surface area (Å²) < 4.78 is 0. The van der Waals surface area contributed by atoms with Crippen molar-refractivity contribution in [3.63, 3.8) is 0 Å². The van der Waals surface area contributed by atoms with E-state index in [0.717, 1.165) is 6.07 Å². The van der Waals surface area contributed by atoms with Gasteiger partial charge in [0, 0.05) is 12.1 Å². The van der Waals surface area contributed by atoms with Crippen molar-refractivity contribution in [1.29, 1.82) is 0 Å². The molecule has 0 aliphatic rings. The minimum atomic E-state index is -1.23. The van der Waals surface area contributed by atoms with Crippen LogP contribution in [0.4, 0.5) is 5.69 Å². The predicted molar refractivity (Wildman–Crippen MR) is 73.4 cm³/mol. The Morgan fingerprint density at radius 1 is 1.05 bits per heavy atom. The second kappa shape index (κ2) is 6.18. The van der Waals surface area contributed by atoms with E-state index in [9.17, 15) is 14.4 Å². The van der Waals surface area contributed by atoms with Gasteiger partial charge in [-0.15, -0.1) is 0 Å². The Morgan fingerprint density at radius 3 is 1.85 bits per heavy atom. The number of benzene rings is 1. The first-order valence-corrected chi connectivity index (χ1v) is 6.20. The number of rotatable bonds is 5. The number of anilines is 1. The maximum atomic E-state index is 11.7. The summed E-state index contributed by atoms with van der Waals surface area (Å²) in [7, 11) is 0. The maximum Gasteiger partial charge on any atom is 0.336 e. The molecule has 0 saturated carbocycles. The van der Waals surface area contributed by atoms with Gasteiger partial charge in [-0.3, -0.25) is 4.79 Å². The molecule has 0 aliphatic heterocycles. The molecule has 0 aliphatic carbocycles. The van der Waals surface area contributed by atoms with Gasteiger partial charge in [0.25, 0.3) is 0 Å². The second-order valence-electron chi connectivity index (χ2n) is 4.51. The molecule has 6 nitrogen and oxygen atoms in total. The van der Waals surface area contributed by atoms with Crippen LogP contribution in [0.5, 0.6) is 0 Å². The minimum Gasteiger partial charge on any atom is -0.478 e. The quantitative estimate of drug-likeness (QED) is 0.768. The molecule has 0 unspecified atom stereocenters. The Kier molecular flexibility index (Phi) is 4.85. The van der Waals surface area contributed by atoms with Crippen molar-refractivity contribution in [1.82, 2.24) is 0 Å². The zero-order valence-electron chi connectivity index (χ0n) is 11.6. The Hall–Kier alpha value is -2.37. The molecule has 20 heavy (non-hydrogen) atoms. The highest BCUT2D eigenvalue weighted by Crippen LogP contribution is 2.28. The van der Waals surface area contributed by atoms with E-state index in [1.54, 1.807) is 13.8 Å². The van der Waals surface area contributed by atoms with Crippen molar-refractivity contribution in [2.75, 3.05) is 5.32 Å². The van der Waals surface area contributed by atoms with E-state index in [1.807, 2.05) is 6.92 Å². The molecule has 0 aromatic heterocycles. The number of hydrogen-bond donors (Lipinski definition) is 3. The molecule has 0 saturated heterocycles. The fourth-order valence-electron chi connectivity index (χ4n) is 1.97. The zero-order valence-corrected chi connectivity index (χ0v) is 11.6. The lowest BCUT2D eigenvalue weighted by Crippen LogP contribution is -2.17. The molecule has 108 valence electrons. The molecule has 1 rings (SSSR count). The average Bonchev–Trinajstić information content (AvgIpc) is 2.34. The van der Waals surface area contributed by atoms with Crippen molar-refractivity contribution in [2.45, 2.75) is 33.6 Å². The van der Waals surface area contributed by atoms with Crippen LogP contribution >= 0.6 is 0 Å². The molecular weight excluding hydrogens is 262 g/mol. The molecule has 0 spiro atoms. The van der Waals surface area contributed by atoms with Gasteiger partial charge in [0.1, 0.15) is 0 Å². The van der Waals surface area contributed by atoms with Gasteiger partial charge in [-0.25, -0.2) is 9.59 Å². The highest BCUT2D eigenvalue weighted by molar-refractivity contribution is 6.02. The summed E-state index contributed by atoms with van der Waals surface area (Å²) >= 11 is 0. The van der Waals surface area contributed by atoms with Crippen LogP contribution in [0, 0.1) is 13.8 Å². The van der Waals surface area contributed by atoms with Crippen molar-refractivity contribution in [3.05, 3.63) is 28.3 Å². The first-order valence-electron chi connectivity index (χ1n) is 6.20. The molecule has 0 fully saturated rings. The Morgan fingerprint density at radius 2 is 1.50 bits per heavy atom. The van der Waals surface area contributed by atoms with E-state index in [1.165, 1.54) is 0 Å². The topological polar surface area (TPSA) is 104 Å². The van der Waals surface area contributed by atoms with Gasteiger partial charge in [-0.2, -0.15) is 0 Å². The van der Waals surface area contributed by atoms with Gasteiger partial charge < -0.3 is 15.5 Å². The molecule has 0 radical (unpaired) electrons. The molecule has 0 bridgehead atoms. The van der Waals surface area contributed by atoms with Gasteiger partial charge in [0.15, 0.2) is 0 Å². The molecule has 0 heterocycles. The number of carbonyl (C=O) groups is 3. The average molecular weight is 279 g/mol.